The van der Waals surface area contributed by atoms with E-state index in [9.17, 15) is 4.79 Å². The minimum atomic E-state index is 0.185. The Labute approximate surface area is 111 Å². The van der Waals surface area contributed by atoms with E-state index in [0.29, 0.717) is 18.1 Å². The number of ketones is 1. The molecule has 3 rings (SSSR count). The predicted molar refractivity (Wildman–Crippen MR) is 76.1 cm³/mol. The molecule has 0 amide bonds. The highest BCUT2D eigenvalue weighted by Gasteiger charge is 2.28. The number of hydrogen-bond acceptors (Lipinski definition) is 3. The van der Waals surface area contributed by atoms with E-state index in [1.54, 1.807) is 11.3 Å². The first-order valence-electron chi connectivity index (χ1n) is 6.44. The third kappa shape index (κ3) is 2.08. The second kappa shape index (κ2) is 4.82. The van der Waals surface area contributed by atoms with Crippen LogP contribution in [0.3, 0.4) is 0 Å². The van der Waals surface area contributed by atoms with Crippen molar-refractivity contribution in [1.29, 1.82) is 0 Å². The van der Waals surface area contributed by atoms with Gasteiger partial charge in [-0.2, -0.15) is 0 Å². The van der Waals surface area contributed by atoms with E-state index in [1.165, 1.54) is 15.6 Å². The molecule has 0 bridgehead atoms. The lowest BCUT2D eigenvalue weighted by atomic mass is 9.84. The van der Waals surface area contributed by atoms with Crippen molar-refractivity contribution in [2.45, 2.75) is 13.3 Å². The zero-order valence-electron chi connectivity index (χ0n) is 10.5. The number of rotatable bonds is 4. The second-order valence-electron chi connectivity index (χ2n) is 5.11. The van der Waals surface area contributed by atoms with Gasteiger partial charge in [0.15, 0.2) is 0 Å². The van der Waals surface area contributed by atoms with E-state index in [-0.39, 0.29) is 5.92 Å². The molecule has 1 aromatic heterocycles. The molecule has 1 aromatic carbocycles. The van der Waals surface area contributed by atoms with Crippen molar-refractivity contribution in [3.05, 3.63) is 35.2 Å². The molecular weight excluding hydrogens is 242 g/mol. The summed E-state index contributed by atoms with van der Waals surface area (Å²) in [4.78, 5) is 12.3. The van der Waals surface area contributed by atoms with Crippen LogP contribution in [0.1, 0.15) is 12.5 Å². The van der Waals surface area contributed by atoms with Crippen LogP contribution < -0.4 is 5.32 Å². The molecule has 0 spiro atoms. The number of carbonyl (C=O) groups is 1. The Kier molecular flexibility index (Phi) is 3.18. The molecule has 1 atom stereocenters. The Balaban J connectivity index is 1.77. The molecule has 0 radical (unpaired) electrons. The molecule has 0 aliphatic carbocycles. The molecule has 1 unspecified atom stereocenters. The van der Waals surface area contributed by atoms with Gasteiger partial charge in [-0.05, 0) is 41.4 Å². The minimum absolute atomic E-state index is 0.185. The average Bonchev–Trinajstić information content (AvgIpc) is 2.70. The van der Waals surface area contributed by atoms with E-state index in [1.807, 2.05) is 12.1 Å². The summed E-state index contributed by atoms with van der Waals surface area (Å²) in [5, 5.41) is 6.61. The maximum atomic E-state index is 12.3. The summed E-state index contributed by atoms with van der Waals surface area (Å²) in [7, 11) is 0. The first-order valence-corrected chi connectivity index (χ1v) is 7.32. The molecule has 1 saturated heterocycles. The first-order chi connectivity index (χ1) is 8.75. The summed E-state index contributed by atoms with van der Waals surface area (Å²) >= 11 is 1.73. The van der Waals surface area contributed by atoms with E-state index in [4.69, 9.17) is 0 Å². The fraction of sp³-hybridized carbons (Fsp3) is 0.400. The zero-order chi connectivity index (χ0) is 12.5. The summed E-state index contributed by atoms with van der Waals surface area (Å²) in [6, 6.07) is 8.33. The van der Waals surface area contributed by atoms with E-state index >= 15 is 0 Å². The number of nitrogens with one attached hydrogen (secondary N) is 1. The van der Waals surface area contributed by atoms with Gasteiger partial charge in [-0.15, -0.1) is 11.3 Å². The predicted octanol–water partition coefficient (Wildman–Crippen LogP) is 2.87. The highest BCUT2D eigenvalue weighted by Crippen LogP contribution is 2.27. The van der Waals surface area contributed by atoms with Crippen molar-refractivity contribution in [1.82, 2.24) is 5.32 Å². The van der Waals surface area contributed by atoms with Crippen molar-refractivity contribution >= 4 is 27.2 Å². The van der Waals surface area contributed by atoms with Crippen LogP contribution in [0.2, 0.25) is 0 Å². The van der Waals surface area contributed by atoms with Crippen LogP contribution in [0.4, 0.5) is 0 Å². The summed E-state index contributed by atoms with van der Waals surface area (Å²) in [5.74, 6) is 1.11. The van der Waals surface area contributed by atoms with Gasteiger partial charge in [0.25, 0.3) is 0 Å². The summed E-state index contributed by atoms with van der Waals surface area (Å²) in [6.45, 7) is 4.07. The normalized spacial score (nSPS) is 17.6. The Morgan fingerprint density at radius 3 is 2.94 bits per heavy atom. The smallest absolute Gasteiger partial charge is 0.140 e. The summed E-state index contributed by atoms with van der Waals surface area (Å²) in [5.41, 5.74) is 1.19. The zero-order valence-corrected chi connectivity index (χ0v) is 11.3. The van der Waals surface area contributed by atoms with Crippen molar-refractivity contribution in [2.75, 3.05) is 13.1 Å². The van der Waals surface area contributed by atoms with Gasteiger partial charge in [0.1, 0.15) is 5.78 Å². The van der Waals surface area contributed by atoms with Gasteiger partial charge < -0.3 is 5.32 Å². The minimum Gasteiger partial charge on any atom is -0.316 e. The second-order valence-corrected chi connectivity index (χ2v) is 6.02. The van der Waals surface area contributed by atoms with E-state index in [2.05, 4.69) is 29.8 Å². The number of Topliss-reactive ketones (excluding diaryl/α,β-unsaturated/α-hetero) is 1. The van der Waals surface area contributed by atoms with Crippen LogP contribution in [0.15, 0.2) is 29.6 Å². The molecule has 1 aliphatic heterocycles. The monoisotopic (exact) mass is 259 g/mol. The highest BCUT2D eigenvalue weighted by molar-refractivity contribution is 7.17. The molecule has 2 aromatic rings. The van der Waals surface area contributed by atoms with Gasteiger partial charge >= 0.3 is 0 Å². The molecule has 1 fully saturated rings. The van der Waals surface area contributed by atoms with Crippen LogP contribution in [-0.2, 0) is 11.2 Å². The molecular formula is C15H17NOS. The van der Waals surface area contributed by atoms with Crippen molar-refractivity contribution in [3.63, 3.8) is 0 Å². The molecule has 94 valence electrons. The maximum absolute atomic E-state index is 12.3. The van der Waals surface area contributed by atoms with Crippen LogP contribution in [0.5, 0.6) is 0 Å². The Morgan fingerprint density at radius 2 is 2.22 bits per heavy atom. The molecule has 1 N–H and O–H groups in total. The molecule has 2 heterocycles. The van der Waals surface area contributed by atoms with Gasteiger partial charge in [0.2, 0.25) is 0 Å². The van der Waals surface area contributed by atoms with Crippen LogP contribution in [0.25, 0.3) is 10.1 Å². The van der Waals surface area contributed by atoms with Crippen LogP contribution in [0, 0.1) is 11.8 Å². The lowest BCUT2D eigenvalue weighted by Gasteiger charge is -2.31. The highest BCUT2D eigenvalue weighted by atomic mass is 32.1. The number of benzene rings is 1. The number of thiophene rings is 1. The summed E-state index contributed by atoms with van der Waals surface area (Å²) < 4.78 is 1.28. The Bertz CT molecular complexity index is 571. The molecule has 1 aliphatic rings. The third-order valence-corrected chi connectivity index (χ3v) is 4.97. The van der Waals surface area contributed by atoms with Gasteiger partial charge in [-0.3, -0.25) is 4.79 Å². The fourth-order valence-corrected chi connectivity index (χ4v) is 3.41. The van der Waals surface area contributed by atoms with Crippen LogP contribution >= 0.6 is 11.3 Å². The Hall–Kier alpha value is -1.19. The number of fused-ring (bicyclic) bond motifs is 1. The van der Waals surface area contributed by atoms with Gasteiger partial charge in [-0.25, -0.2) is 0 Å². The SMILES string of the molecule is CC(C(=O)Cc1csc2ccccc12)C1CNC1. The van der Waals surface area contributed by atoms with Gasteiger partial charge in [0, 0.05) is 17.0 Å². The molecule has 2 nitrogen and oxygen atoms in total. The summed E-state index contributed by atoms with van der Waals surface area (Å²) in [6.07, 6.45) is 0.585. The topological polar surface area (TPSA) is 29.1 Å². The van der Waals surface area contributed by atoms with Crippen molar-refractivity contribution in [2.24, 2.45) is 11.8 Å². The number of carbonyl (C=O) groups excluding carboxylic acids is 1. The molecule has 18 heavy (non-hydrogen) atoms. The molecule has 0 saturated carbocycles. The lowest BCUT2D eigenvalue weighted by Crippen LogP contribution is -2.47. The van der Waals surface area contributed by atoms with Gasteiger partial charge in [0.05, 0.1) is 0 Å². The third-order valence-electron chi connectivity index (χ3n) is 3.95. The standard InChI is InChI=1S/C15H17NOS/c1-10(12-7-16-8-12)14(17)6-11-9-18-15-5-3-2-4-13(11)15/h2-5,9-10,12,16H,6-8H2,1H3. The average molecular weight is 259 g/mol. The fourth-order valence-electron chi connectivity index (χ4n) is 2.45. The quantitative estimate of drug-likeness (QED) is 0.914. The first kappa shape index (κ1) is 11.9. The largest absolute Gasteiger partial charge is 0.316 e. The van der Waals surface area contributed by atoms with E-state index < -0.39 is 0 Å². The maximum Gasteiger partial charge on any atom is 0.140 e. The van der Waals surface area contributed by atoms with Gasteiger partial charge in [-0.1, -0.05) is 25.1 Å². The molecule has 3 heteroatoms. The van der Waals surface area contributed by atoms with E-state index in [0.717, 1.165) is 13.1 Å². The number of hydrogen-bond donors (Lipinski definition) is 1. The van der Waals surface area contributed by atoms with Crippen LogP contribution in [-0.4, -0.2) is 18.9 Å². The van der Waals surface area contributed by atoms with Crippen molar-refractivity contribution < 1.29 is 4.79 Å². The lowest BCUT2D eigenvalue weighted by molar-refractivity contribution is -0.123. The Morgan fingerprint density at radius 1 is 1.44 bits per heavy atom. The van der Waals surface area contributed by atoms with Crippen molar-refractivity contribution in [3.8, 4) is 0 Å².